The molecular formula is C63H128Al2O. The average molecular weight is 956 g/mol. The predicted octanol–water partition coefficient (Wildman–Crippen LogP) is 22.1. The van der Waals surface area contributed by atoms with Crippen LogP contribution in [0.25, 0.3) is 0 Å². The van der Waals surface area contributed by atoms with Crippen LogP contribution < -0.4 is 0 Å². The number of hydrogen-bond donors (Lipinski definition) is 0. The van der Waals surface area contributed by atoms with E-state index in [9.17, 15) is 0 Å². The molecule has 0 spiro atoms. The van der Waals surface area contributed by atoms with Crippen molar-refractivity contribution in [1.29, 1.82) is 0 Å². The molecule has 0 bridgehead atoms. The Labute approximate surface area is 432 Å². The molecule has 66 heavy (non-hydrogen) atoms. The summed E-state index contributed by atoms with van der Waals surface area (Å²) in [6, 6.07) is 0. The summed E-state index contributed by atoms with van der Waals surface area (Å²) in [4.78, 5) is 0. The first kappa shape index (κ1) is 79.3. The molecule has 0 aliphatic heterocycles. The summed E-state index contributed by atoms with van der Waals surface area (Å²) >= 11 is -0.293. The van der Waals surface area contributed by atoms with Crippen LogP contribution in [0.1, 0.15) is 250 Å². The zero-order valence-electron chi connectivity index (χ0n) is 49.1. The maximum atomic E-state index is 3.74. The summed E-state index contributed by atoms with van der Waals surface area (Å²) in [6.45, 7) is 56.8. The van der Waals surface area contributed by atoms with Crippen molar-refractivity contribution in [2.24, 2.45) is 41.4 Å². The minimum absolute atomic E-state index is 0. The van der Waals surface area contributed by atoms with Crippen LogP contribution in [0.4, 0.5) is 0 Å². The first-order valence-corrected chi connectivity index (χ1v) is 31.6. The fourth-order valence-corrected chi connectivity index (χ4v) is 12.8. The zero-order chi connectivity index (χ0) is 50.5. The maximum absolute atomic E-state index is 3.74. The zero-order valence-corrected chi connectivity index (χ0v) is 51.7. The molecule has 1 nitrogen and oxygen atoms in total. The Balaban J connectivity index is -0.000000161. The van der Waals surface area contributed by atoms with E-state index in [0.717, 1.165) is 35.5 Å². The summed E-state index contributed by atoms with van der Waals surface area (Å²) in [6.07, 6.45) is 32.6. The molecule has 2 N–H and O–H groups in total. The van der Waals surface area contributed by atoms with E-state index in [1.807, 2.05) is 19.9 Å². The summed E-state index contributed by atoms with van der Waals surface area (Å²) in [7, 11) is 0. The molecule has 0 aromatic rings. The van der Waals surface area contributed by atoms with Crippen molar-refractivity contribution < 1.29 is 5.48 Å². The van der Waals surface area contributed by atoms with E-state index in [0.29, 0.717) is 21.1 Å². The molecule has 0 fully saturated rings. The van der Waals surface area contributed by atoms with Gasteiger partial charge in [-0.05, 0) is 177 Å². The van der Waals surface area contributed by atoms with Crippen LogP contribution in [0.3, 0.4) is 0 Å². The summed E-state index contributed by atoms with van der Waals surface area (Å²) in [5.41, 5.74) is 8.45. The van der Waals surface area contributed by atoms with E-state index in [1.54, 1.807) is 15.8 Å². The molecular weight excluding hydrogens is 827 g/mol. The van der Waals surface area contributed by atoms with Gasteiger partial charge >= 0.3 is 0 Å². The first-order valence-electron chi connectivity index (χ1n) is 27.2. The quantitative estimate of drug-likeness (QED) is 0.0508. The minimum Gasteiger partial charge on any atom is -0.412 e. The second-order valence-corrected chi connectivity index (χ2v) is 28.2. The van der Waals surface area contributed by atoms with Crippen LogP contribution in [0.15, 0.2) is 83.1 Å². The van der Waals surface area contributed by atoms with Gasteiger partial charge in [0.1, 0.15) is 0 Å². The van der Waals surface area contributed by atoms with E-state index in [-0.39, 0.29) is 12.9 Å². The molecule has 5 atom stereocenters. The van der Waals surface area contributed by atoms with E-state index in [1.165, 1.54) is 134 Å². The molecule has 0 heterocycles. The molecule has 3 heteroatoms. The van der Waals surface area contributed by atoms with Gasteiger partial charge in [0.2, 0.25) is 15.2 Å². The largest absolute Gasteiger partial charge is 0.412 e. The van der Waals surface area contributed by atoms with Crippen LogP contribution in [0, 0.1) is 41.4 Å². The Morgan fingerprint density at radius 3 is 0.894 bits per heavy atom. The van der Waals surface area contributed by atoms with Gasteiger partial charge in [-0.2, -0.15) is 0 Å². The van der Waals surface area contributed by atoms with Gasteiger partial charge in [-0.3, -0.25) is 0 Å². The highest BCUT2D eigenvalue weighted by atomic mass is 27.2. The molecule has 392 valence electrons. The van der Waals surface area contributed by atoms with Crippen LogP contribution >= 0.6 is 0 Å². The van der Waals surface area contributed by atoms with Gasteiger partial charge in [-0.1, -0.05) is 210 Å². The SMILES string of the molecule is C.C=C(C)C.C=CC(C)CCC=C(C)C.CC(C)=CCCC(C)C[CH2][Al]([CH2]CC(C)CCC=C(C)C)[CH2]CC(C)CCC=C(C)C.CC(C)[CH2][AlH][CH2]C(C)C.CCC(C)CCC=C(C)C.O. The third-order valence-electron chi connectivity index (χ3n) is 11.9. The molecule has 0 saturated heterocycles. The Kier molecular flexibility index (Phi) is 68.3. The fourth-order valence-electron chi connectivity index (χ4n) is 6.94. The van der Waals surface area contributed by atoms with Crippen LogP contribution in [-0.2, 0) is 0 Å². The predicted molar refractivity (Wildman–Crippen MR) is 321 cm³/mol. The molecule has 0 rings (SSSR count). The topological polar surface area (TPSA) is 31.5 Å². The van der Waals surface area contributed by atoms with E-state index in [4.69, 9.17) is 0 Å². The smallest absolute Gasteiger partial charge is 0.261 e. The Hall–Kier alpha value is -0.795. The molecule has 0 aromatic carbocycles. The number of hydrogen-bond acceptors (Lipinski definition) is 0. The van der Waals surface area contributed by atoms with Crippen molar-refractivity contribution in [2.45, 2.75) is 276 Å². The number of rotatable bonds is 30. The van der Waals surface area contributed by atoms with E-state index < -0.39 is 14.1 Å². The van der Waals surface area contributed by atoms with Crippen molar-refractivity contribution >= 4 is 29.4 Å². The number of allylic oxidation sites excluding steroid dienone is 12. The third-order valence-corrected chi connectivity index (χ3v) is 18.5. The highest BCUT2D eigenvalue weighted by Gasteiger charge is 2.20. The van der Waals surface area contributed by atoms with Crippen molar-refractivity contribution in [3.8, 4) is 0 Å². The summed E-state index contributed by atoms with van der Waals surface area (Å²) in [5.74, 6) is 6.17. The lowest BCUT2D eigenvalue weighted by molar-refractivity contribution is 0.499. The van der Waals surface area contributed by atoms with Gasteiger partial charge in [0.25, 0.3) is 14.1 Å². The van der Waals surface area contributed by atoms with Crippen molar-refractivity contribution in [3.63, 3.8) is 0 Å². The highest BCUT2D eigenvalue weighted by Crippen LogP contribution is 2.26. The monoisotopic (exact) mass is 955 g/mol. The second-order valence-electron chi connectivity index (χ2n) is 22.9. The van der Waals surface area contributed by atoms with Crippen molar-refractivity contribution in [2.75, 3.05) is 0 Å². The van der Waals surface area contributed by atoms with Gasteiger partial charge in [0, 0.05) is 0 Å². The lowest BCUT2D eigenvalue weighted by Gasteiger charge is -2.19. The van der Waals surface area contributed by atoms with E-state index in [2.05, 4.69) is 182 Å². The van der Waals surface area contributed by atoms with Gasteiger partial charge < -0.3 is 5.48 Å². The lowest BCUT2D eigenvalue weighted by Crippen LogP contribution is -2.16. The Morgan fingerprint density at radius 2 is 0.682 bits per heavy atom. The fraction of sp³-hybridized carbons (Fsp3) is 0.778. The minimum atomic E-state index is -0.609. The maximum Gasteiger partial charge on any atom is 0.261 e. The highest BCUT2D eigenvalue weighted by molar-refractivity contribution is 6.58. The standard InChI is InChI=1S/C10H20.3C10H19.C10H18.2C4H9.C4H8.CH4.2Al.H2O.H/c5*1-5-10(4)8-6-7-9(2)3;3*1-4(2)3;;;;;/h7,10H,5-6,8H2,1-4H3;3*7,10H,1,5-6,8H2,2-4H3;5,7,10H,1,6,8H2,2-4H3;2*4H,1H2,2-3H3;1H2,2-3H3;1H4;;;1H2;. The van der Waals surface area contributed by atoms with Gasteiger partial charge in [0.05, 0.1) is 0 Å². The molecule has 0 saturated carbocycles. The van der Waals surface area contributed by atoms with Crippen LogP contribution in [0.5, 0.6) is 0 Å². The van der Waals surface area contributed by atoms with Gasteiger partial charge in [-0.15, -0.1) is 13.2 Å². The molecule has 0 aromatic heterocycles. The van der Waals surface area contributed by atoms with E-state index >= 15 is 0 Å². The molecule has 5 unspecified atom stereocenters. The van der Waals surface area contributed by atoms with Gasteiger partial charge in [0.15, 0.2) is 0 Å². The summed E-state index contributed by atoms with van der Waals surface area (Å²) < 4.78 is 0. The van der Waals surface area contributed by atoms with Crippen LogP contribution in [-0.4, -0.2) is 34.8 Å². The Bertz CT molecular complexity index is 1090. The molecule has 0 aliphatic rings. The van der Waals surface area contributed by atoms with Crippen LogP contribution in [0.2, 0.25) is 26.4 Å². The normalized spacial score (nSPS) is 12.2. The van der Waals surface area contributed by atoms with Crippen molar-refractivity contribution in [3.05, 3.63) is 83.1 Å². The average Bonchev–Trinajstić information content (AvgIpc) is 3.17. The second kappa shape index (κ2) is 56.8. The van der Waals surface area contributed by atoms with Gasteiger partial charge in [-0.25, -0.2) is 0 Å². The first-order chi connectivity index (χ1) is 29.8. The summed E-state index contributed by atoms with van der Waals surface area (Å²) in [5, 5.41) is 7.82. The molecule has 0 radical (unpaired) electrons. The van der Waals surface area contributed by atoms with Crippen molar-refractivity contribution in [1.82, 2.24) is 0 Å². The molecule has 0 aliphatic carbocycles. The molecule has 0 amide bonds. The lowest BCUT2D eigenvalue weighted by atomic mass is 10.0. The third kappa shape index (κ3) is 83.2. The Morgan fingerprint density at radius 1 is 0.439 bits per heavy atom.